The van der Waals surface area contributed by atoms with Crippen molar-refractivity contribution in [2.75, 3.05) is 0 Å². The number of alkyl halides is 2. The van der Waals surface area contributed by atoms with E-state index in [1.165, 1.54) is 12.1 Å². The number of aromatic nitrogens is 2. The molecule has 6 nitrogen and oxygen atoms in total. The first-order valence-corrected chi connectivity index (χ1v) is 7.88. The van der Waals surface area contributed by atoms with Gasteiger partial charge in [-0.3, -0.25) is 14.6 Å². The molecule has 0 fully saturated rings. The van der Waals surface area contributed by atoms with E-state index in [4.69, 9.17) is 12.2 Å². The molecule has 1 amide bonds. The maximum atomic E-state index is 12.1. The first kappa shape index (κ1) is 18.8. The van der Waals surface area contributed by atoms with Crippen molar-refractivity contribution in [3.8, 4) is 5.75 Å². The fourth-order valence-corrected chi connectivity index (χ4v) is 2.49. The van der Waals surface area contributed by atoms with Crippen LogP contribution in [0.3, 0.4) is 0 Å². The second-order valence-electron chi connectivity index (χ2n) is 5.31. The van der Waals surface area contributed by atoms with E-state index in [-0.39, 0.29) is 41.4 Å². The Balaban J connectivity index is 1.85. The van der Waals surface area contributed by atoms with Gasteiger partial charge in [-0.2, -0.15) is 8.78 Å². The summed E-state index contributed by atoms with van der Waals surface area (Å²) in [6.07, 6.45) is 0.418. The van der Waals surface area contributed by atoms with E-state index < -0.39 is 6.61 Å². The van der Waals surface area contributed by atoms with Gasteiger partial charge in [-0.05, 0) is 43.3 Å². The minimum Gasteiger partial charge on any atom is -0.435 e. The number of halogens is 2. The number of rotatable bonds is 7. The smallest absolute Gasteiger partial charge is 0.387 e. The highest BCUT2D eigenvalue weighted by atomic mass is 32.1. The molecule has 0 saturated carbocycles. The highest BCUT2D eigenvalue weighted by Gasteiger charge is 2.09. The van der Waals surface area contributed by atoms with Gasteiger partial charge < -0.3 is 15.0 Å². The standard InChI is InChI=1S/C16H17F2N3O3S/c1-9-12(14(23)21-16(25)20-9)6-7-13(22)19-8-10-2-4-11(5-3-10)24-15(17)18/h2-5,15H,6-8H2,1H3,(H,19,22)(H2,20,21,23,25). The summed E-state index contributed by atoms with van der Waals surface area (Å²) in [6.45, 7) is -0.897. The summed E-state index contributed by atoms with van der Waals surface area (Å²) in [5.74, 6) is -0.171. The third kappa shape index (κ3) is 5.79. The summed E-state index contributed by atoms with van der Waals surface area (Å²) in [5.41, 5.74) is 1.56. The molecule has 134 valence electrons. The lowest BCUT2D eigenvalue weighted by Gasteiger charge is -2.08. The van der Waals surface area contributed by atoms with Gasteiger partial charge in [0.1, 0.15) is 5.75 Å². The topological polar surface area (TPSA) is 87.0 Å². The van der Waals surface area contributed by atoms with Crippen LogP contribution in [0.1, 0.15) is 23.2 Å². The lowest BCUT2D eigenvalue weighted by Crippen LogP contribution is -2.25. The molecular weight excluding hydrogens is 352 g/mol. The quantitative estimate of drug-likeness (QED) is 0.655. The number of carbonyl (C=O) groups excluding carboxylic acids is 1. The molecule has 0 radical (unpaired) electrons. The molecule has 0 atom stereocenters. The van der Waals surface area contributed by atoms with Gasteiger partial charge in [-0.25, -0.2) is 0 Å². The fraction of sp³-hybridized carbons (Fsp3) is 0.312. The van der Waals surface area contributed by atoms with Crippen molar-refractivity contribution in [1.29, 1.82) is 0 Å². The van der Waals surface area contributed by atoms with Gasteiger partial charge in [0.05, 0.1) is 0 Å². The Hall–Kier alpha value is -2.55. The highest BCUT2D eigenvalue weighted by Crippen LogP contribution is 2.14. The molecule has 0 spiro atoms. The van der Waals surface area contributed by atoms with Crippen LogP contribution in [0.5, 0.6) is 5.75 Å². The first-order valence-electron chi connectivity index (χ1n) is 7.47. The summed E-state index contributed by atoms with van der Waals surface area (Å²) in [4.78, 5) is 29.1. The van der Waals surface area contributed by atoms with Gasteiger partial charge in [0.25, 0.3) is 5.56 Å². The molecule has 3 N–H and O–H groups in total. The number of aryl methyl sites for hydroxylation is 1. The number of hydrogen-bond acceptors (Lipinski definition) is 4. The molecule has 2 aromatic rings. The first-order chi connectivity index (χ1) is 11.8. The van der Waals surface area contributed by atoms with Crippen molar-refractivity contribution in [3.05, 3.63) is 56.2 Å². The Bertz CT molecular complexity index is 847. The molecule has 1 aromatic carbocycles. The normalized spacial score (nSPS) is 10.7. The zero-order valence-electron chi connectivity index (χ0n) is 13.4. The van der Waals surface area contributed by atoms with Crippen LogP contribution in [0, 0.1) is 11.7 Å². The van der Waals surface area contributed by atoms with E-state index in [9.17, 15) is 18.4 Å². The Kier molecular flexibility index (Phi) is 6.40. The molecule has 0 aliphatic rings. The molecule has 0 unspecified atom stereocenters. The van der Waals surface area contributed by atoms with Crippen LogP contribution < -0.4 is 15.6 Å². The Morgan fingerprint density at radius 1 is 1.28 bits per heavy atom. The monoisotopic (exact) mass is 369 g/mol. The predicted octanol–water partition coefficient (Wildman–Crippen LogP) is 2.59. The lowest BCUT2D eigenvalue weighted by molar-refractivity contribution is -0.121. The molecule has 0 bridgehead atoms. The van der Waals surface area contributed by atoms with Crippen LogP contribution in [0.2, 0.25) is 0 Å². The number of ether oxygens (including phenoxy) is 1. The van der Waals surface area contributed by atoms with Crippen molar-refractivity contribution in [1.82, 2.24) is 15.3 Å². The van der Waals surface area contributed by atoms with Crippen molar-refractivity contribution in [2.24, 2.45) is 0 Å². The van der Waals surface area contributed by atoms with Crippen molar-refractivity contribution >= 4 is 18.1 Å². The molecule has 1 heterocycles. The van der Waals surface area contributed by atoms with E-state index in [0.29, 0.717) is 11.3 Å². The number of H-pyrrole nitrogens is 2. The molecule has 0 aliphatic carbocycles. The fourth-order valence-electron chi connectivity index (χ4n) is 2.24. The zero-order valence-corrected chi connectivity index (χ0v) is 14.2. The average molecular weight is 369 g/mol. The number of hydrogen-bond donors (Lipinski definition) is 3. The van der Waals surface area contributed by atoms with Crippen molar-refractivity contribution in [2.45, 2.75) is 32.9 Å². The van der Waals surface area contributed by atoms with E-state index in [1.807, 2.05) is 0 Å². The van der Waals surface area contributed by atoms with Gasteiger partial charge >= 0.3 is 6.61 Å². The predicted molar refractivity (Wildman–Crippen MR) is 90.2 cm³/mol. The number of nitrogens with one attached hydrogen (secondary N) is 3. The second-order valence-corrected chi connectivity index (χ2v) is 5.72. The van der Waals surface area contributed by atoms with Gasteiger partial charge in [0, 0.05) is 24.2 Å². The average Bonchev–Trinajstić information content (AvgIpc) is 2.52. The van der Waals surface area contributed by atoms with Crippen LogP contribution in [0.4, 0.5) is 8.78 Å². The maximum Gasteiger partial charge on any atom is 0.387 e. The third-order valence-electron chi connectivity index (χ3n) is 3.50. The lowest BCUT2D eigenvalue weighted by atomic mass is 10.1. The minimum absolute atomic E-state index is 0.0567. The number of amides is 1. The summed E-state index contributed by atoms with van der Waals surface area (Å²) in [5, 5.41) is 2.71. The van der Waals surface area contributed by atoms with Crippen molar-refractivity contribution < 1.29 is 18.3 Å². The van der Waals surface area contributed by atoms with E-state index >= 15 is 0 Å². The molecule has 1 aromatic heterocycles. The highest BCUT2D eigenvalue weighted by molar-refractivity contribution is 7.71. The van der Waals surface area contributed by atoms with Crippen LogP contribution >= 0.6 is 12.2 Å². The van der Waals surface area contributed by atoms with Crippen LogP contribution in [-0.2, 0) is 17.8 Å². The summed E-state index contributed by atoms with van der Waals surface area (Å²) in [7, 11) is 0. The third-order valence-corrected chi connectivity index (χ3v) is 3.70. The second kappa shape index (κ2) is 8.52. The van der Waals surface area contributed by atoms with Gasteiger partial charge in [-0.1, -0.05) is 12.1 Å². The van der Waals surface area contributed by atoms with E-state index in [2.05, 4.69) is 20.0 Å². The largest absolute Gasteiger partial charge is 0.435 e. The van der Waals surface area contributed by atoms with E-state index in [0.717, 1.165) is 5.56 Å². The van der Waals surface area contributed by atoms with E-state index in [1.54, 1.807) is 19.1 Å². The molecule has 25 heavy (non-hydrogen) atoms. The van der Waals surface area contributed by atoms with Gasteiger partial charge in [-0.15, -0.1) is 0 Å². The number of aromatic amines is 2. The SMILES string of the molecule is Cc1[nH]c(=S)[nH]c(=O)c1CCC(=O)NCc1ccc(OC(F)F)cc1. The Labute approximate surface area is 147 Å². The van der Waals surface area contributed by atoms with Crippen LogP contribution in [0.15, 0.2) is 29.1 Å². The number of carbonyl (C=O) groups is 1. The minimum atomic E-state index is -2.87. The molecular formula is C16H17F2N3O3S. The van der Waals surface area contributed by atoms with Gasteiger partial charge in [0.2, 0.25) is 5.91 Å². The summed E-state index contributed by atoms with van der Waals surface area (Å²) < 4.78 is 28.6. The van der Waals surface area contributed by atoms with Gasteiger partial charge in [0.15, 0.2) is 4.77 Å². The molecule has 2 rings (SSSR count). The Morgan fingerprint density at radius 2 is 1.96 bits per heavy atom. The molecule has 9 heteroatoms. The van der Waals surface area contributed by atoms with Crippen molar-refractivity contribution in [3.63, 3.8) is 0 Å². The number of benzene rings is 1. The van der Waals surface area contributed by atoms with Crippen LogP contribution in [0.25, 0.3) is 0 Å². The maximum absolute atomic E-state index is 12.1. The van der Waals surface area contributed by atoms with Crippen LogP contribution in [-0.4, -0.2) is 22.5 Å². The molecule has 0 aliphatic heterocycles. The zero-order chi connectivity index (χ0) is 18.4. The molecule has 0 saturated heterocycles. The summed E-state index contributed by atoms with van der Waals surface area (Å²) in [6, 6.07) is 5.99. The summed E-state index contributed by atoms with van der Waals surface area (Å²) >= 11 is 4.87. The Morgan fingerprint density at radius 3 is 2.56 bits per heavy atom.